The maximum atomic E-state index is 11.3. The van der Waals surface area contributed by atoms with Crippen molar-refractivity contribution < 1.29 is 4.79 Å². The summed E-state index contributed by atoms with van der Waals surface area (Å²) in [6, 6.07) is 0. The number of allylic oxidation sites excluding steroid dienone is 2. The standard InChI is InChI=1S/C10H17NO/c1-10(2,3)11-8-6-4-5-7-9(8)12/h6,11H,4-5,7H2,1-3H3. The summed E-state index contributed by atoms with van der Waals surface area (Å²) in [6.45, 7) is 6.20. The van der Waals surface area contributed by atoms with Gasteiger partial charge in [0.05, 0.1) is 5.70 Å². The highest BCUT2D eigenvalue weighted by molar-refractivity contribution is 5.95. The first-order valence-corrected chi connectivity index (χ1v) is 4.50. The summed E-state index contributed by atoms with van der Waals surface area (Å²) < 4.78 is 0. The zero-order valence-corrected chi connectivity index (χ0v) is 8.11. The highest BCUT2D eigenvalue weighted by atomic mass is 16.1. The smallest absolute Gasteiger partial charge is 0.178 e. The molecule has 0 saturated heterocycles. The molecule has 68 valence electrons. The van der Waals surface area contributed by atoms with E-state index in [0.29, 0.717) is 6.42 Å². The van der Waals surface area contributed by atoms with Crippen LogP contribution < -0.4 is 5.32 Å². The van der Waals surface area contributed by atoms with Gasteiger partial charge in [-0.15, -0.1) is 0 Å². The molecule has 1 aliphatic rings. The number of ketones is 1. The number of Topliss-reactive ketones (excluding diaryl/α,β-unsaturated/α-hetero) is 1. The number of carbonyl (C=O) groups is 1. The predicted octanol–water partition coefficient (Wildman–Crippen LogP) is 2.01. The van der Waals surface area contributed by atoms with Crippen LogP contribution in [0.25, 0.3) is 0 Å². The Morgan fingerprint density at radius 1 is 1.42 bits per heavy atom. The van der Waals surface area contributed by atoms with Gasteiger partial charge < -0.3 is 5.32 Å². The molecule has 0 heterocycles. The van der Waals surface area contributed by atoms with E-state index in [-0.39, 0.29) is 11.3 Å². The fraction of sp³-hybridized carbons (Fsp3) is 0.700. The van der Waals surface area contributed by atoms with E-state index in [0.717, 1.165) is 18.5 Å². The fourth-order valence-electron chi connectivity index (χ4n) is 1.28. The minimum Gasteiger partial charge on any atom is -0.378 e. The van der Waals surface area contributed by atoms with E-state index in [1.165, 1.54) is 0 Å². The summed E-state index contributed by atoms with van der Waals surface area (Å²) in [5.74, 6) is 0.260. The third kappa shape index (κ3) is 2.68. The van der Waals surface area contributed by atoms with Gasteiger partial charge in [0.15, 0.2) is 5.78 Å². The van der Waals surface area contributed by atoms with Crippen molar-refractivity contribution in [1.29, 1.82) is 0 Å². The molecule has 0 saturated carbocycles. The first-order chi connectivity index (χ1) is 5.49. The van der Waals surface area contributed by atoms with Gasteiger partial charge in [-0.05, 0) is 33.6 Å². The topological polar surface area (TPSA) is 29.1 Å². The Hall–Kier alpha value is -0.790. The van der Waals surface area contributed by atoms with Gasteiger partial charge in [-0.25, -0.2) is 0 Å². The van der Waals surface area contributed by atoms with Gasteiger partial charge in [0.1, 0.15) is 0 Å². The van der Waals surface area contributed by atoms with Crippen molar-refractivity contribution in [2.75, 3.05) is 0 Å². The molecule has 0 aliphatic heterocycles. The Bertz CT molecular complexity index is 210. The molecule has 1 N–H and O–H groups in total. The van der Waals surface area contributed by atoms with Crippen molar-refractivity contribution in [3.05, 3.63) is 11.8 Å². The summed E-state index contributed by atoms with van der Waals surface area (Å²) in [6.07, 6.45) is 4.75. The lowest BCUT2D eigenvalue weighted by Crippen LogP contribution is -2.38. The largest absolute Gasteiger partial charge is 0.378 e. The maximum absolute atomic E-state index is 11.3. The molecular formula is C10H17NO. The zero-order chi connectivity index (χ0) is 9.19. The molecule has 0 spiro atoms. The van der Waals surface area contributed by atoms with Gasteiger partial charge in [-0.1, -0.05) is 6.08 Å². The third-order valence-corrected chi connectivity index (χ3v) is 1.77. The van der Waals surface area contributed by atoms with Crippen LogP contribution in [0.3, 0.4) is 0 Å². The Labute approximate surface area is 74.0 Å². The second-order valence-corrected chi connectivity index (χ2v) is 4.31. The van der Waals surface area contributed by atoms with Crippen LogP contribution in [-0.2, 0) is 4.79 Å². The van der Waals surface area contributed by atoms with Gasteiger partial charge in [0.25, 0.3) is 0 Å². The van der Waals surface area contributed by atoms with E-state index in [1.54, 1.807) is 0 Å². The molecule has 0 fully saturated rings. The zero-order valence-electron chi connectivity index (χ0n) is 8.11. The number of rotatable bonds is 1. The molecule has 2 nitrogen and oxygen atoms in total. The first kappa shape index (κ1) is 9.30. The minimum atomic E-state index is -0.00116. The average molecular weight is 167 g/mol. The van der Waals surface area contributed by atoms with Crippen LogP contribution >= 0.6 is 0 Å². The van der Waals surface area contributed by atoms with Crippen LogP contribution in [0.2, 0.25) is 0 Å². The summed E-state index contributed by atoms with van der Waals surface area (Å²) in [5, 5.41) is 3.22. The molecule has 1 rings (SSSR count). The Morgan fingerprint density at radius 3 is 2.58 bits per heavy atom. The number of hydrogen-bond donors (Lipinski definition) is 1. The predicted molar refractivity (Wildman–Crippen MR) is 49.8 cm³/mol. The number of carbonyl (C=O) groups excluding carboxylic acids is 1. The van der Waals surface area contributed by atoms with E-state index < -0.39 is 0 Å². The van der Waals surface area contributed by atoms with E-state index in [9.17, 15) is 4.79 Å². The van der Waals surface area contributed by atoms with E-state index >= 15 is 0 Å². The minimum absolute atomic E-state index is 0.00116. The van der Waals surface area contributed by atoms with E-state index in [2.05, 4.69) is 26.1 Å². The van der Waals surface area contributed by atoms with Crippen molar-refractivity contribution in [1.82, 2.24) is 5.32 Å². The van der Waals surface area contributed by atoms with Crippen LogP contribution in [-0.4, -0.2) is 11.3 Å². The SMILES string of the molecule is CC(C)(C)NC1=CCCCC1=O. The van der Waals surface area contributed by atoms with E-state index in [4.69, 9.17) is 0 Å². The summed E-state index contributed by atoms with van der Waals surface area (Å²) in [5.41, 5.74) is 0.813. The molecule has 12 heavy (non-hydrogen) atoms. The normalized spacial score (nSPS) is 18.9. The Balaban J connectivity index is 2.62. The quantitative estimate of drug-likeness (QED) is 0.647. The van der Waals surface area contributed by atoms with Gasteiger partial charge in [0, 0.05) is 12.0 Å². The number of hydrogen-bond acceptors (Lipinski definition) is 2. The Kier molecular flexibility index (Phi) is 2.55. The van der Waals surface area contributed by atoms with Crippen molar-refractivity contribution in [2.24, 2.45) is 0 Å². The highest BCUT2D eigenvalue weighted by Crippen LogP contribution is 2.14. The summed E-state index contributed by atoms with van der Waals surface area (Å²) in [4.78, 5) is 11.3. The van der Waals surface area contributed by atoms with Crippen molar-refractivity contribution >= 4 is 5.78 Å². The first-order valence-electron chi connectivity index (χ1n) is 4.50. The summed E-state index contributed by atoms with van der Waals surface area (Å²) >= 11 is 0. The molecular weight excluding hydrogens is 150 g/mol. The second-order valence-electron chi connectivity index (χ2n) is 4.31. The van der Waals surface area contributed by atoms with Crippen molar-refractivity contribution in [3.63, 3.8) is 0 Å². The lowest BCUT2D eigenvalue weighted by molar-refractivity contribution is -0.116. The van der Waals surface area contributed by atoms with Gasteiger partial charge >= 0.3 is 0 Å². The Morgan fingerprint density at radius 2 is 2.08 bits per heavy atom. The monoisotopic (exact) mass is 167 g/mol. The van der Waals surface area contributed by atoms with Crippen LogP contribution in [0.15, 0.2) is 11.8 Å². The molecule has 0 aromatic heterocycles. The highest BCUT2D eigenvalue weighted by Gasteiger charge is 2.18. The van der Waals surface area contributed by atoms with Crippen LogP contribution in [0.5, 0.6) is 0 Å². The average Bonchev–Trinajstić information content (AvgIpc) is 1.91. The van der Waals surface area contributed by atoms with Gasteiger partial charge in [0.2, 0.25) is 0 Å². The molecule has 0 bridgehead atoms. The fourth-order valence-corrected chi connectivity index (χ4v) is 1.28. The third-order valence-electron chi connectivity index (χ3n) is 1.77. The molecule has 0 atom stereocenters. The summed E-state index contributed by atoms with van der Waals surface area (Å²) in [7, 11) is 0. The lowest BCUT2D eigenvalue weighted by Gasteiger charge is -2.25. The second kappa shape index (κ2) is 3.30. The van der Waals surface area contributed by atoms with Crippen LogP contribution in [0, 0.1) is 0 Å². The van der Waals surface area contributed by atoms with Crippen molar-refractivity contribution in [2.45, 2.75) is 45.6 Å². The molecule has 0 radical (unpaired) electrons. The van der Waals surface area contributed by atoms with Gasteiger partial charge in [-0.2, -0.15) is 0 Å². The van der Waals surface area contributed by atoms with Crippen molar-refractivity contribution in [3.8, 4) is 0 Å². The van der Waals surface area contributed by atoms with Gasteiger partial charge in [-0.3, -0.25) is 4.79 Å². The van der Waals surface area contributed by atoms with E-state index in [1.807, 2.05) is 6.08 Å². The van der Waals surface area contributed by atoms with Crippen LogP contribution in [0.4, 0.5) is 0 Å². The van der Waals surface area contributed by atoms with Crippen LogP contribution in [0.1, 0.15) is 40.0 Å². The molecule has 2 heteroatoms. The lowest BCUT2D eigenvalue weighted by atomic mass is 10.0. The molecule has 0 unspecified atom stereocenters. The molecule has 0 aromatic carbocycles. The maximum Gasteiger partial charge on any atom is 0.178 e. The number of nitrogens with one attached hydrogen (secondary N) is 1. The molecule has 0 aromatic rings. The molecule has 0 amide bonds. The molecule has 1 aliphatic carbocycles.